The van der Waals surface area contributed by atoms with E-state index in [2.05, 4.69) is 16.0 Å². The molecule has 2 aromatic heterocycles. The number of nitrogens with zero attached hydrogens (tertiary/aromatic N) is 5. The van der Waals surface area contributed by atoms with Crippen LogP contribution in [0.5, 0.6) is 0 Å². The van der Waals surface area contributed by atoms with E-state index in [9.17, 15) is 9.59 Å². The number of hydrogen-bond acceptors (Lipinski definition) is 5. The summed E-state index contributed by atoms with van der Waals surface area (Å²) in [6.07, 6.45) is 0. The molecule has 0 amide bonds. The lowest BCUT2D eigenvalue weighted by molar-refractivity contribution is 0.137. The fraction of sp³-hybridized carbons (Fsp3) is 0.421. The molecule has 0 radical (unpaired) electrons. The first-order valence-corrected chi connectivity index (χ1v) is 9.15. The molecule has 0 saturated carbocycles. The Hall–Kier alpha value is -2.87. The van der Waals surface area contributed by atoms with E-state index in [1.165, 1.54) is 9.13 Å². The molecule has 0 saturated heterocycles. The molecule has 0 fully saturated rings. The molecule has 0 unspecified atom stereocenters. The van der Waals surface area contributed by atoms with Crippen molar-refractivity contribution >= 4 is 22.8 Å². The van der Waals surface area contributed by atoms with Gasteiger partial charge in [0, 0.05) is 32.4 Å². The lowest BCUT2D eigenvalue weighted by Gasteiger charge is -2.16. The second-order valence-electron chi connectivity index (χ2n) is 6.72. The van der Waals surface area contributed by atoms with E-state index in [0.717, 1.165) is 17.8 Å². The molecule has 0 atom stereocenters. The first-order chi connectivity index (χ1) is 13.0. The smallest absolute Gasteiger partial charge is 0.332 e. The Bertz CT molecular complexity index is 1120. The minimum atomic E-state index is -0.369. The third-order valence-corrected chi connectivity index (χ3v) is 4.98. The van der Waals surface area contributed by atoms with E-state index >= 15 is 0 Å². The highest BCUT2D eigenvalue weighted by atomic mass is 16.5. The maximum Gasteiger partial charge on any atom is 0.332 e. The molecule has 27 heavy (non-hydrogen) atoms. The Kier molecular flexibility index (Phi) is 4.35. The van der Waals surface area contributed by atoms with Crippen molar-refractivity contribution in [3.63, 3.8) is 0 Å². The van der Waals surface area contributed by atoms with Crippen molar-refractivity contribution in [2.75, 3.05) is 24.7 Å². The van der Waals surface area contributed by atoms with Crippen LogP contribution in [0.4, 0.5) is 11.6 Å². The number of anilines is 2. The van der Waals surface area contributed by atoms with Crippen LogP contribution in [0.25, 0.3) is 11.2 Å². The van der Waals surface area contributed by atoms with Crippen molar-refractivity contribution in [3.8, 4) is 0 Å². The van der Waals surface area contributed by atoms with Gasteiger partial charge in [0.2, 0.25) is 5.95 Å². The van der Waals surface area contributed by atoms with E-state index in [0.29, 0.717) is 36.9 Å². The first kappa shape index (κ1) is 17.5. The summed E-state index contributed by atoms with van der Waals surface area (Å²) >= 11 is 0. The highest BCUT2D eigenvalue weighted by Gasteiger charge is 2.28. The largest absolute Gasteiger partial charge is 0.380 e. The SMILES string of the molecule is CCOCCn1c(=O)c2c(nc3n2CCN3c2cccc(C)c2)n(C)c1=O. The Labute approximate surface area is 156 Å². The van der Waals surface area contributed by atoms with Gasteiger partial charge >= 0.3 is 5.69 Å². The van der Waals surface area contributed by atoms with Crippen molar-refractivity contribution in [3.05, 3.63) is 50.7 Å². The lowest BCUT2D eigenvalue weighted by atomic mass is 10.2. The Morgan fingerprint density at radius 3 is 2.78 bits per heavy atom. The number of fused-ring (bicyclic) bond motifs is 3. The number of ether oxygens (including phenoxy) is 1. The van der Waals surface area contributed by atoms with Gasteiger partial charge in [0.05, 0.1) is 13.2 Å². The third-order valence-electron chi connectivity index (χ3n) is 4.98. The van der Waals surface area contributed by atoms with Gasteiger partial charge in [-0.1, -0.05) is 12.1 Å². The van der Waals surface area contributed by atoms with Gasteiger partial charge in [0.15, 0.2) is 11.2 Å². The predicted molar refractivity (Wildman–Crippen MR) is 104 cm³/mol. The number of hydrogen-bond donors (Lipinski definition) is 0. The van der Waals surface area contributed by atoms with Crippen molar-refractivity contribution < 1.29 is 4.74 Å². The minimum Gasteiger partial charge on any atom is -0.380 e. The van der Waals surface area contributed by atoms with Gasteiger partial charge in [-0.3, -0.25) is 13.9 Å². The van der Waals surface area contributed by atoms with Gasteiger partial charge in [-0.05, 0) is 31.5 Å². The van der Waals surface area contributed by atoms with Crippen molar-refractivity contribution in [1.29, 1.82) is 0 Å². The molecule has 3 aromatic rings. The van der Waals surface area contributed by atoms with E-state index in [4.69, 9.17) is 4.74 Å². The van der Waals surface area contributed by atoms with Gasteiger partial charge in [-0.25, -0.2) is 4.79 Å². The maximum atomic E-state index is 13.0. The van der Waals surface area contributed by atoms with Crippen LogP contribution in [0.15, 0.2) is 33.9 Å². The normalized spacial score (nSPS) is 13.5. The van der Waals surface area contributed by atoms with Crippen LogP contribution >= 0.6 is 0 Å². The maximum absolute atomic E-state index is 13.0. The number of imidazole rings is 1. The van der Waals surface area contributed by atoms with Crippen LogP contribution in [0.1, 0.15) is 12.5 Å². The van der Waals surface area contributed by atoms with Crippen LogP contribution in [-0.4, -0.2) is 38.4 Å². The van der Waals surface area contributed by atoms with E-state index in [1.807, 2.05) is 36.6 Å². The van der Waals surface area contributed by atoms with Crippen LogP contribution in [0.2, 0.25) is 0 Å². The van der Waals surface area contributed by atoms with Gasteiger partial charge in [-0.15, -0.1) is 0 Å². The lowest BCUT2D eigenvalue weighted by Crippen LogP contribution is -2.40. The summed E-state index contributed by atoms with van der Waals surface area (Å²) in [6.45, 7) is 6.43. The molecule has 142 valence electrons. The number of aryl methyl sites for hydroxylation is 2. The minimum absolute atomic E-state index is 0.234. The molecule has 0 aliphatic carbocycles. The second kappa shape index (κ2) is 6.70. The van der Waals surface area contributed by atoms with E-state index in [1.54, 1.807) is 7.05 Å². The highest BCUT2D eigenvalue weighted by Crippen LogP contribution is 2.31. The summed E-state index contributed by atoms with van der Waals surface area (Å²) < 4.78 is 9.92. The molecular formula is C19H23N5O3. The van der Waals surface area contributed by atoms with Crippen LogP contribution in [-0.2, 0) is 24.9 Å². The number of benzene rings is 1. The van der Waals surface area contributed by atoms with E-state index < -0.39 is 0 Å². The molecule has 1 aliphatic rings. The van der Waals surface area contributed by atoms with Crippen molar-refractivity contribution in [2.45, 2.75) is 26.9 Å². The van der Waals surface area contributed by atoms with Crippen LogP contribution in [0.3, 0.4) is 0 Å². The predicted octanol–water partition coefficient (Wildman–Crippen LogP) is 1.39. The molecule has 8 nitrogen and oxygen atoms in total. The van der Waals surface area contributed by atoms with E-state index in [-0.39, 0.29) is 17.8 Å². The van der Waals surface area contributed by atoms with Crippen LogP contribution < -0.4 is 16.1 Å². The van der Waals surface area contributed by atoms with Gasteiger partial charge in [0.25, 0.3) is 5.56 Å². The number of rotatable bonds is 5. The van der Waals surface area contributed by atoms with Crippen LogP contribution in [0, 0.1) is 6.92 Å². The molecule has 0 spiro atoms. The quantitative estimate of drug-likeness (QED) is 0.636. The molecule has 4 rings (SSSR count). The average Bonchev–Trinajstić information content (AvgIpc) is 3.22. The molecule has 1 aromatic carbocycles. The standard InChI is InChI=1S/C19H23N5O3/c1-4-27-11-10-24-17(25)15-16(21(3)19(24)26)20-18-22(8-9-23(15)18)14-7-5-6-13(2)12-14/h5-7,12H,4,8-11H2,1-3H3. The summed E-state index contributed by atoms with van der Waals surface area (Å²) in [5.41, 5.74) is 2.41. The fourth-order valence-corrected chi connectivity index (χ4v) is 3.62. The summed E-state index contributed by atoms with van der Waals surface area (Å²) in [5.74, 6) is 0.699. The zero-order chi connectivity index (χ0) is 19.1. The third kappa shape index (κ3) is 2.76. The fourth-order valence-electron chi connectivity index (χ4n) is 3.62. The molecular weight excluding hydrogens is 346 g/mol. The average molecular weight is 369 g/mol. The van der Waals surface area contributed by atoms with Gasteiger partial charge in [0.1, 0.15) is 0 Å². The Balaban J connectivity index is 1.87. The summed E-state index contributed by atoms with van der Waals surface area (Å²) in [5, 5.41) is 0. The number of aromatic nitrogens is 4. The van der Waals surface area contributed by atoms with Gasteiger partial charge in [-0.2, -0.15) is 4.98 Å². The summed E-state index contributed by atoms with van der Waals surface area (Å²) in [7, 11) is 1.65. The Morgan fingerprint density at radius 1 is 1.22 bits per heavy atom. The van der Waals surface area contributed by atoms with Crippen molar-refractivity contribution in [1.82, 2.24) is 18.7 Å². The zero-order valence-corrected chi connectivity index (χ0v) is 15.8. The van der Waals surface area contributed by atoms with Crippen molar-refractivity contribution in [2.24, 2.45) is 7.05 Å². The zero-order valence-electron chi connectivity index (χ0n) is 15.8. The summed E-state index contributed by atoms with van der Waals surface area (Å²) in [4.78, 5) is 32.4. The first-order valence-electron chi connectivity index (χ1n) is 9.15. The van der Waals surface area contributed by atoms with Gasteiger partial charge < -0.3 is 14.2 Å². The molecule has 1 aliphatic heterocycles. The molecule has 0 N–H and O–H groups in total. The molecule has 8 heteroatoms. The Morgan fingerprint density at radius 2 is 2.04 bits per heavy atom. The topological polar surface area (TPSA) is 74.3 Å². The monoisotopic (exact) mass is 369 g/mol. The molecule has 0 bridgehead atoms. The highest BCUT2D eigenvalue weighted by molar-refractivity contribution is 5.77. The second-order valence-corrected chi connectivity index (χ2v) is 6.72. The molecule has 3 heterocycles. The summed E-state index contributed by atoms with van der Waals surface area (Å²) in [6, 6.07) is 8.17.